The van der Waals surface area contributed by atoms with E-state index in [0.717, 1.165) is 44.7 Å². The Hall–Kier alpha value is -2.61. The normalized spacial score (nSPS) is 17.6. The van der Waals surface area contributed by atoms with Gasteiger partial charge < -0.3 is 20.2 Å². The Bertz CT molecular complexity index is 738. The lowest BCUT2D eigenvalue weighted by Crippen LogP contribution is -2.50. The number of carbonyl (C=O) groups is 3. The van der Waals surface area contributed by atoms with Crippen molar-refractivity contribution in [2.75, 3.05) is 56.0 Å². The summed E-state index contributed by atoms with van der Waals surface area (Å²) in [5, 5.41) is 12.1. The summed E-state index contributed by atoms with van der Waals surface area (Å²) in [5.74, 6) is -0.977. The van der Waals surface area contributed by atoms with Crippen LogP contribution in [0.5, 0.6) is 0 Å². The zero-order valence-corrected chi connectivity index (χ0v) is 16.3. The summed E-state index contributed by atoms with van der Waals surface area (Å²) in [6.45, 7) is 6.88. The first kappa shape index (κ1) is 20.1. The highest BCUT2D eigenvalue weighted by molar-refractivity contribution is 5.97. The van der Waals surface area contributed by atoms with E-state index in [0.29, 0.717) is 31.7 Å². The zero-order chi connectivity index (χ0) is 20.1. The largest absolute Gasteiger partial charge is 0.478 e. The minimum atomic E-state index is -1.02. The molecule has 0 spiro atoms. The summed E-state index contributed by atoms with van der Waals surface area (Å²) in [6, 6.07) is 4.82. The van der Waals surface area contributed by atoms with Gasteiger partial charge in [0.2, 0.25) is 11.8 Å². The van der Waals surface area contributed by atoms with Gasteiger partial charge in [-0.25, -0.2) is 4.79 Å². The van der Waals surface area contributed by atoms with Gasteiger partial charge >= 0.3 is 5.97 Å². The number of hydrogen-bond donors (Lipinski definition) is 2. The fraction of sp³-hybridized carbons (Fsp3) is 0.550. The molecule has 2 saturated heterocycles. The smallest absolute Gasteiger partial charge is 0.335 e. The number of anilines is 2. The number of amides is 2. The molecule has 1 aromatic carbocycles. The van der Waals surface area contributed by atoms with Gasteiger partial charge in [-0.1, -0.05) is 6.92 Å². The van der Waals surface area contributed by atoms with Crippen LogP contribution in [0.15, 0.2) is 18.2 Å². The maximum Gasteiger partial charge on any atom is 0.335 e. The second-order valence-corrected chi connectivity index (χ2v) is 7.29. The molecule has 0 aromatic heterocycles. The Balaban J connectivity index is 1.64. The van der Waals surface area contributed by atoms with Gasteiger partial charge in [0, 0.05) is 45.7 Å². The van der Waals surface area contributed by atoms with Crippen molar-refractivity contribution in [2.24, 2.45) is 0 Å². The SMILES string of the molecule is CCC(=O)Nc1cc(C(=O)O)ccc1N1CCN(CC(=O)N2CCCC2)CC1. The van der Waals surface area contributed by atoms with E-state index in [1.807, 2.05) is 4.90 Å². The van der Waals surface area contributed by atoms with E-state index in [9.17, 15) is 19.5 Å². The van der Waals surface area contributed by atoms with Gasteiger partial charge in [-0.15, -0.1) is 0 Å². The van der Waals surface area contributed by atoms with Crippen molar-refractivity contribution in [1.82, 2.24) is 9.80 Å². The third kappa shape index (κ3) is 4.81. The maximum atomic E-state index is 12.3. The van der Waals surface area contributed by atoms with Crippen molar-refractivity contribution in [2.45, 2.75) is 26.2 Å². The molecular formula is C20H28N4O4. The average molecular weight is 388 g/mol. The molecule has 2 heterocycles. The lowest BCUT2D eigenvalue weighted by Gasteiger charge is -2.37. The fourth-order valence-corrected chi connectivity index (χ4v) is 3.69. The molecule has 8 heteroatoms. The summed E-state index contributed by atoms with van der Waals surface area (Å²) < 4.78 is 0. The topological polar surface area (TPSA) is 93.2 Å². The molecule has 152 valence electrons. The van der Waals surface area contributed by atoms with Gasteiger partial charge in [0.1, 0.15) is 0 Å². The van der Waals surface area contributed by atoms with Crippen molar-refractivity contribution >= 4 is 29.2 Å². The van der Waals surface area contributed by atoms with Crippen LogP contribution < -0.4 is 10.2 Å². The van der Waals surface area contributed by atoms with Crippen molar-refractivity contribution in [3.05, 3.63) is 23.8 Å². The maximum absolute atomic E-state index is 12.3. The first-order valence-corrected chi connectivity index (χ1v) is 9.90. The highest BCUT2D eigenvalue weighted by atomic mass is 16.4. The molecule has 2 amide bonds. The van der Waals surface area contributed by atoms with E-state index in [4.69, 9.17) is 0 Å². The van der Waals surface area contributed by atoms with Crippen LogP contribution in [-0.4, -0.2) is 78.5 Å². The standard InChI is InChI=1S/C20H28N4O4/c1-2-18(25)21-16-13-15(20(27)28)5-6-17(16)23-11-9-22(10-12-23)14-19(26)24-7-3-4-8-24/h5-6,13H,2-4,7-12,14H2,1H3,(H,21,25)(H,27,28). The molecule has 2 N–H and O–H groups in total. The zero-order valence-electron chi connectivity index (χ0n) is 16.3. The van der Waals surface area contributed by atoms with E-state index < -0.39 is 5.97 Å². The molecule has 3 rings (SSSR count). The molecule has 1 aromatic rings. The highest BCUT2D eigenvalue weighted by Crippen LogP contribution is 2.28. The van der Waals surface area contributed by atoms with Crippen LogP contribution in [-0.2, 0) is 9.59 Å². The Morgan fingerprint density at radius 2 is 1.71 bits per heavy atom. The minimum absolute atomic E-state index is 0.144. The van der Waals surface area contributed by atoms with E-state index >= 15 is 0 Å². The molecule has 0 aliphatic carbocycles. The summed E-state index contributed by atoms with van der Waals surface area (Å²) in [4.78, 5) is 41.7. The molecule has 0 saturated carbocycles. The van der Waals surface area contributed by atoms with Gasteiger partial charge in [-0.05, 0) is 31.0 Å². The quantitative estimate of drug-likeness (QED) is 0.767. The summed E-state index contributed by atoms with van der Waals surface area (Å²) in [5.41, 5.74) is 1.48. The third-order valence-electron chi connectivity index (χ3n) is 5.37. The molecule has 0 radical (unpaired) electrons. The number of likely N-dealkylation sites (tertiary alicyclic amines) is 1. The Morgan fingerprint density at radius 1 is 1.04 bits per heavy atom. The number of hydrogen-bond acceptors (Lipinski definition) is 5. The summed E-state index contributed by atoms with van der Waals surface area (Å²) in [6.07, 6.45) is 2.51. The Morgan fingerprint density at radius 3 is 2.32 bits per heavy atom. The van der Waals surface area contributed by atoms with Gasteiger partial charge in [-0.3, -0.25) is 14.5 Å². The number of nitrogens with zero attached hydrogens (tertiary/aromatic N) is 3. The molecule has 2 aliphatic heterocycles. The van der Waals surface area contributed by atoms with E-state index in [-0.39, 0.29) is 17.4 Å². The number of rotatable bonds is 6. The molecular weight excluding hydrogens is 360 g/mol. The van der Waals surface area contributed by atoms with Gasteiger partial charge in [0.15, 0.2) is 0 Å². The lowest BCUT2D eigenvalue weighted by molar-refractivity contribution is -0.131. The van der Waals surface area contributed by atoms with Crippen LogP contribution in [0.25, 0.3) is 0 Å². The van der Waals surface area contributed by atoms with Crippen LogP contribution >= 0.6 is 0 Å². The molecule has 0 unspecified atom stereocenters. The minimum Gasteiger partial charge on any atom is -0.478 e. The van der Waals surface area contributed by atoms with Crippen LogP contribution in [0.2, 0.25) is 0 Å². The van der Waals surface area contributed by atoms with Crippen LogP contribution in [0.3, 0.4) is 0 Å². The molecule has 8 nitrogen and oxygen atoms in total. The number of carboxylic acids is 1. The molecule has 28 heavy (non-hydrogen) atoms. The average Bonchev–Trinajstić information content (AvgIpc) is 3.23. The number of benzene rings is 1. The molecule has 2 fully saturated rings. The second kappa shape index (κ2) is 9.05. The van der Waals surface area contributed by atoms with Crippen LogP contribution in [0, 0.1) is 0 Å². The van der Waals surface area contributed by atoms with Gasteiger partial charge in [0.25, 0.3) is 0 Å². The predicted octanol–water partition coefficient (Wildman–Crippen LogP) is 1.48. The van der Waals surface area contributed by atoms with Crippen molar-refractivity contribution in [3.63, 3.8) is 0 Å². The first-order valence-electron chi connectivity index (χ1n) is 9.90. The van der Waals surface area contributed by atoms with Crippen LogP contribution in [0.4, 0.5) is 11.4 Å². The number of aromatic carboxylic acids is 1. The lowest BCUT2D eigenvalue weighted by atomic mass is 10.1. The molecule has 2 aliphatic rings. The first-order chi connectivity index (χ1) is 13.5. The van der Waals surface area contributed by atoms with Crippen molar-refractivity contribution < 1.29 is 19.5 Å². The number of piperazine rings is 1. The van der Waals surface area contributed by atoms with E-state index in [1.165, 1.54) is 6.07 Å². The third-order valence-corrected chi connectivity index (χ3v) is 5.37. The van der Waals surface area contributed by atoms with Crippen molar-refractivity contribution in [3.8, 4) is 0 Å². The van der Waals surface area contributed by atoms with Gasteiger partial charge in [0.05, 0.1) is 23.5 Å². The van der Waals surface area contributed by atoms with Crippen LogP contribution in [0.1, 0.15) is 36.5 Å². The number of carbonyl (C=O) groups excluding carboxylic acids is 2. The van der Waals surface area contributed by atoms with E-state index in [1.54, 1.807) is 19.1 Å². The fourth-order valence-electron chi connectivity index (χ4n) is 3.69. The monoisotopic (exact) mass is 388 g/mol. The predicted molar refractivity (Wildman–Crippen MR) is 107 cm³/mol. The molecule has 0 atom stereocenters. The summed E-state index contributed by atoms with van der Waals surface area (Å²) >= 11 is 0. The van der Waals surface area contributed by atoms with E-state index in [2.05, 4.69) is 15.1 Å². The Labute approximate surface area is 165 Å². The Kier molecular flexibility index (Phi) is 6.51. The number of nitrogens with one attached hydrogen (secondary N) is 1. The highest BCUT2D eigenvalue weighted by Gasteiger charge is 2.25. The molecule has 0 bridgehead atoms. The second-order valence-electron chi connectivity index (χ2n) is 7.29. The van der Waals surface area contributed by atoms with Gasteiger partial charge in [-0.2, -0.15) is 0 Å². The number of carboxylic acid groups (broad SMARTS) is 1. The van der Waals surface area contributed by atoms with Crippen molar-refractivity contribution in [1.29, 1.82) is 0 Å². The summed E-state index contributed by atoms with van der Waals surface area (Å²) in [7, 11) is 0.